The van der Waals surface area contributed by atoms with E-state index in [1.807, 2.05) is 34.6 Å². The Bertz CT molecular complexity index is 398. The predicted octanol–water partition coefficient (Wildman–Crippen LogP) is 3.07. The fourth-order valence-electron chi connectivity index (χ4n) is 1.06. The quantitative estimate of drug-likeness (QED) is 0.595. The van der Waals surface area contributed by atoms with Crippen LogP contribution in [0.1, 0.15) is 34.6 Å². The molecule has 1 N–H and O–H groups in total. The standard InChI is InChI=1S/C11H19N3O2S2/c1-10(2,3)13-9-17-7(11(4,5)18-9)14-16-8(15)12-6/h1-6H3,(H,12,15)/b13-9?,14-7-. The minimum Gasteiger partial charge on any atom is -0.323 e. The molecule has 7 heteroatoms. The topological polar surface area (TPSA) is 63.0 Å². The van der Waals surface area contributed by atoms with Gasteiger partial charge in [0.15, 0.2) is 0 Å². The normalized spacial score (nSPS) is 23.4. The zero-order chi connectivity index (χ0) is 14.0. The number of amides is 1. The van der Waals surface area contributed by atoms with Gasteiger partial charge in [0.2, 0.25) is 0 Å². The van der Waals surface area contributed by atoms with Crippen molar-refractivity contribution < 1.29 is 9.63 Å². The lowest BCUT2D eigenvalue weighted by atomic mass is 10.1. The Morgan fingerprint density at radius 3 is 2.50 bits per heavy atom. The maximum Gasteiger partial charge on any atom is 0.433 e. The highest BCUT2D eigenvalue weighted by Crippen LogP contribution is 2.44. The maximum atomic E-state index is 11.0. The van der Waals surface area contributed by atoms with Crippen molar-refractivity contribution in [2.45, 2.75) is 44.9 Å². The number of hydrogen-bond acceptors (Lipinski definition) is 6. The van der Waals surface area contributed by atoms with E-state index in [-0.39, 0.29) is 10.3 Å². The van der Waals surface area contributed by atoms with Gasteiger partial charge < -0.3 is 5.32 Å². The fourth-order valence-corrected chi connectivity index (χ4v) is 4.03. The van der Waals surface area contributed by atoms with Crippen molar-refractivity contribution in [1.29, 1.82) is 0 Å². The maximum absolute atomic E-state index is 11.0. The first-order valence-corrected chi connectivity index (χ1v) is 7.21. The molecular formula is C11H19N3O2S2. The summed E-state index contributed by atoms with van der Waals surface area (Å²) < 4.78 is 0.731. The Hall–Kier alpha value is -0.690. The summed E-state index contributed by atoms with van der Waals surface area (Å²) in [5.74, 6) is 0. The van der Waals surface area contributed by atoms with Crippen LogP contribution in [0.5, 0.6) is 0 Å². The first kappa shape index (κ1) is 15.4. The van der Waals surface area contributed by atoms with E-state index in [4.69, 9.17) is 4.84 Å². The number of nitrogens with zero attached hydrogens (tertiary/aromatic N) is 2. The van der Waals surface area contributed by atoms with Crippen molar-refractivity contribution in [1.82, 2.24) is 5.32 Å². The Balaban J connectivity index is 2.83. The summed E-state index contributed by atoms with van der Waals surface area (Å²) in [6, 6.07) is 0. The van der Waals surface area contributed by atoms with Gasteiger partial charge in [0, 0.05) is 7.05 Å². The summed E-state index contributed by atoms with van der Waals surface area (Å²) in [5.41, 5.74) is -0.123. The van der Waals surface area contributed by atoms with Gasteiger partial charge in [-0.1, -0.05) is 16.9 Å². The molecule has 1 aliphatic heterocycles. The molecule has 0 aromatic rings. The minimum absolute atomic E-state index is 0.123. The highest BCUT2D eigenvalue weighted by atomic mass is 32.2. The molecule has 0 spiro atoms. The third-order valence-corrected chi connectivity index (χ3v) is 4.53. The number of rotatable bonds is 1. The summed E-state index contributed by atoms with van der Waals surface area (Å²) >= 11 is 3.09. The number of thioether (sulfide) groups is 2. The van der Waals surface area contributed by atoms with E-state index in [9.17, 15) is 4.79 Å². The molecule has 1 rings (SSSR count). The Labute approximate surface area is 116 Å². The average molecular weight is 289 g/mol. The summed E-state index contributed by atoms with van der Waals surface area (Å²) in [6.07, 6.45) is -0.565. The SMILES string of the molecule is CNC(=O)O/N=C1\SC(=NC(C)(C)C)SC1(C)C. The third-order valence-electron chi connectivity index (χ3n) is 1.88. The van der Waals surface area contributed by atoms with Gasteiger partial charge in [-0.25, -0.2) is 4.79 Å². The fraction of sp³-hybridized carbons (Fsp3) is 0.727. The molecule has 1 heterocycles. The summed E-state index contributed by atoms with van der Waals surface area (Å²) in [6.45, 7) is 10.2. The molecule has 0 atom stereocenters. The van der Waals surface area contributed by atoms with E-state index in [0.29, 0.717) is 0 Å². The largest absolute Gasteiger partial charge is 0.433 e. The van der Waals surface area contributed by atoms with Crippen LogP contribution in [0.25, 0.3) is 0 Å². The van der Waals surface area contributed by atoms with Crippen molar-refractivity contribution in [2.24, 2.45) is 10.1 Å². The van der Waals surface area contributed by atoms with Crippen molar-refractivity contribution in [3.05, 3.63) is 0 Å². The van der Waals surface area contributed by atoms with Crippen molar-refractivity contribution >= 4 is 39.0 Å². The molecule has 0 saturated carbocycles. The minimum atomic E-state index is -0.565. The van der Waals surface area contributed by atoms with Crippen LogP contribution < -0.4 is 5.32 Å². The molecule has 1 amide bonds. The third kappa shape index (κ3) is 4.53. The predicted molar refractivity (Wildman–Crippen MR) is 79.4 cm³/mol. The van der Waals surface area contributed by atoms with Crippen molar-refractivity contribution in [3.63, 3.8) is 0 Å². The van der Waals surface area contributed by atoms with Crippen LogP contribution in [0.4, 0.5) is 4.79 Å². The summed E-state index contributed by atoms with van der Waals surface area (Å²) in [7, 11) is 1.50. The molecule has 0 aromatic carbocycles. The van der Waals surface area contributed by atoms with Crippen molar-refractivity contribution in [2.75, 3.05) is 7.05 Å². The zero-order valence-corrected chi connectivity index (χ0v) is 13.2. The molecular weight excluding hydrogens is 270 g/mol. The van der Waals surface area contributed by atoms with Crippen LogP contribution in [0.2, 0.25) is 0 Å². The van der Waals surface area contributed by atoms with Gasteiger partial charge in [-0.2, -0.15) is 0 Å². The van der Waals surface area contributed by atoms with Gasteiger partial charge in [-0.15, -0.1) is 0 Å². The molecule has 0 aromatic heterocycles. The van der Waals surface area contributed by atoms with Crippen LogP contribution in [-0.2, 0) is 4.84 Å². The number of nitrogens with one attached hydrogen (secondary N) is 1. The molecule has 0 radical (unpaired) electrons. The van der Waals surface area contributed by atoms with Crippen LogP contribution in [0.15, 0.2) is 10.1 Å². The molecule has 0 unspecified atom stereocenters. The molecule has 18 heavy (non-hydrogen) atoms. The van der Waals surface area contributed by atoms with E-state index >= 15 is 0 Å². The van der Waals surface area contributed by atoms with E-state index in [1.165, 1.54) is 18.8 Å². The molecule has 1 saturated heterocycles. The zero-order valence-electron chi connectivity index (χ0n) is 11.5. The van der Waals surface area contributed by atoms with Crippen LogP contribution in [-0.4, -0.2) is 32.8 Å². The number of carbonyl (C=O) groups excluding carboxylic acids is 1. The van der Waals surface area contributed by atoms with Gasteiger partial charge >= 0.3 is 6.09 Å². The summed E-state index contributed by atoms with van der Waals surface area (Å²) in [4.78, 5) is 20.3. The lowest BCUT2D eigenvalue weighted by Gasteiger charge is -2.14. The van der Waals surface area contributed by atoms with Gasteiger partial charge in [0.25, 0.3) is 0 Å². The number of hydrogen-bond donors (Lipinski definition) is 1. The Morgan fingerprint density at radius 1 is 1.39 bits per heavy atom. The number of aliphatic imine (C=N–C) groups is 1. The van der Waals surface area contributed by atoms with E-state index in [0.717, 1.165) is 9.42 Å². The lowest BCUT2D eigenvalue weighted by Crippen LogP contribution is -2.23. The average Bonchev–Trinajstić information content (AvgIpc) is 2.46. The Kier molecular flexibility index (Phi) is 4.72. The highest BCUT2D eigenvalue weighted by molar-refractivity contribution is 8.50. The monoisotopic (exact) mass is 289 g/mol. The Morgan fingerprint density at radius 2 is 2.00 bits per heavy atom. The van der Waals surface area contributed by atoms with E-state index < -0.39 is 6.09 Å². The molecule has 1 aliphatic rings. The van der Waals surface area contributed by atoms with E-state index in [2.05, 4.69) is 15.5 Å². The van der Waals surface area contributed by atoms with Gasteiger partial charge in [0.05, 0.1) is 10.3 Å². The van der Waals surface area contributed by atoms with Gasteiger partial charge in [-0.05, 0) is 46.4 Å². The summed E-state index contributed by atoms with van der Waals surface area (Å²) in [5, 5.41) is 6.99. The first-order chi connectivity index (χ1) is 8.14. The van der Waals surface area contributed by atoms with Crippen molar-refractivity contribution in [3.8, 4) is 0 Å². The second-order valence-electron chi connectivity index (χ2n) is 5.29. The smallest absolute Gasteiger partial charge is 0.323 e. The molecule has 0 bridgehead atoms. The second kappa shape index (κ2) is 5.52. The molecule has 0 aliphatic carbocycles. The van der Waals surface area contributed by atoms with Gasteiger partial charge in [-0.3, -0.25) is 9.83 Å². The molecule has 102 valence electrons. The van der Waals surface area contributed by atoms with Crippen LogP contribution >= 0.6 is 23.5 Å². The lowest BCUT2D eigenvalue weighted by molar-refractivity contribution is 0.153. The van der Waals surface area contributed by atoms with Gasteiger partial charge in [0.1, 0.15) is 9.42 Å². The number of carbonyl (C=O) groups is 1. The highest BCUT2D eigenvalue weighted by Gasteiger charge is 2.38. The van der Waals surface area contributed by atoms with E-state index in [1.54, 1.807) is 11.8 Å². The molecule has 1 fully saturated rings. The van der Waals surface area contributed by atoms with Crippen LogP contribution in [0, 0.1) is 0 Å². The van der Waals surface area contributed by atoms with Crippen LogP contribution in [0.3, 0.4) is 0 Å². The second-order valence-corrected chi connectivity index (χ2v) is 8.14. The first-order valence-electron chi connectivity index (χ1n) is 5.58. The number of oxime groups is 1. The molecule has 5 nitrogen and oxygen atoms in total.